The number of likely N-dealkylation sites (N-methyl/N-ethyl adjacent to an activating group) is 1. The molecule has 2 aromatic heterocycles. The Balaban J connectivity index is 2.14. The van der Waals surface area contributed by atoms with Crippen molar-refractivity contribution >= 4 is 39.4 Å². The lowest BCUT2D eigenvalue weighted by Gasteiger charge is -2.13. The van der Waals surface area contributed by atoms with Gasteiger partial charge in [0.25, 0.3) is 0 Å². The monoisotopic (exact) mass is 343 g/mol. The zero-order valence-electron chi connectivity index (χ0n) is 9.60. The first-order valence-electron chi connectivity index (χ1n) is 5.62. The number of aromatic nitrogens is 3. The molecule has 90 valence electrons. The van der Waals surface area contributed by atoms with Crippen LogP contribution in [0.4, 0.5) is 5.82 Å². The number of nitrogens with zero attached hydrogens (tertiary/aromatic N) is 4. The van der Waals surface area contributed by atoms with Crippen LogP contribution in [0.15, 0.2) is 12.5 Å². The van der Waals surface area contributed by atoms with Gasteiger partial charge in [-0.2, -0.15) is 0 Å². The minimum atomic E-state index is 0.500. The average Bonchev–Trinajstić information content (AvgIpc) is 2.84. The molecule has 5 nitrogen and oxygen atoms in total. The van der Waals surface area contributed by atoms with Crippen LogP contribution in [-0.2, 0) is 0 Å². The minimum absolute atomic E-state index is 0.500. The predicted molar refractivity (Wildman–Crippen MR) is 75.8 cm³/mol. The van der Waals surface area contributed by atoms with Crippen LogP contribution in [0.25, 0.3) is 11.0 Å². The number of hydrogen-bond acceptors (Lipinski definition) is 4. The van der Waals surface area contributed by atoms with Gasteiger partial charge in [0.1, 0.15) is 17.8 Å². The van der Waals surface area contributed by atoms with Crippen molar-refractivity contribution in [2.75, 3.05) is 25.9 Å². The number of hydrogen-bond donors (Lipinski definition) is 1. The van der Waals surface area contributed by atoms with Gasteiger partial charge in [0.15, 0.2) is 0 Å². The summed E-state index contributed by atoms with van der Waals surface area (Å²) in [5, 5.41) is 0.989. The van der Waals surface area contributed by atoms with Crippen molar-refractivity contribution in [3.63, 3.8) is 0 Å². The maximum Gasteiger partial charge on any atom is 0.146 e. The second-order valence-corrected chi connectivity index (χ2v) is 5.71. The van der Waals surface area contributed by atoms with Gasteiger partial charge < -0.3 is 15.2 Å². The number of anilines is 1. The highest BCUT2D eigenvalue weighted by Crippen LogP contribution is 2.30. The van der Waals surface area contributed by atoms with Crippen LogP contribution >= 0.6 is 22.6 Å². The molecule has 1 atom stereocenters. The van der Waals surface area contributed by atoms with Gasteiger partial charge in [-0.3, -0.25) is 0 Å². The van der Waals surface area contributed by atoms with E-state index in [1.165, 1.54) is 6.42 Å². The first-order valence-corrected chi connectivity index (χ1v) is 6.69. The largest absolute Gasteiger partial charge is 0.383 e. The number of halogens is 1. The maximum absolute atomic E-state index is 5.92. The first-order chi connectivity index (χ1) is 8.16. The summed E-state index contributed by atoms with van der Waals surface area (Å²) in [6.45, 7) is 2.21. The van der Waals surface area contributed by atoms with E-state index in [0.29, 0.717) is 11.9 Å². The van der Waals surface area contributed by atoms with Crippen molar-refractivity contribution in [2.45, 2.75) is 12.5 Å². The highest BCUT2D eigenvalue weighted by molar-refractivity contribution is 14.1. The number of likely N-dealkylation sites (tertiary alicyclic amines) is 1. The van der Waals surface area contributed by atoms with Crippen molar-refractivity contribution in [1.82, 2.24) is 19.4 Å². The van der Waals surface area contributed by atoms with Crippen molar-refractivity contribution in [3.8, 4) is 0 Å². The fourth-order valence-corrected chi connectivity index (χ4v) is 3.30. The zero-order chi connectivity index (χ0) is 12.0. The molecular weight excluding hydrogens is 329 g/mol. The van der Waals surface area contributed by atoms with Crippen LogP contribution in [0.1, 0.15) is 12.5 Å². The van der Waals surface area contributed by atoms with Crippen LogP contribution in [0.2, 0.25) is 0 Å². The van der Waals surface area contributed by atoms with Gasteiger partial charge in [-0.05, 0) is 42.6 Å². The minimum Gasteiger partial charge on any atom is -0.383 e. The molecule has 6 heteroatoms. The lowest BCUT2D eigenvalue weighted by Crippen LogP contribution is -2.16. The number of nitrogens with two attached hydrogens (primary N) is 1. The van der Waals surface area contributed by atoms with Gasteiger partial charge in [0.05, 0.1) is 5.39 Å². The van der Waals surface area contributed by atoms with E-state index < -0.39 is 0 Å². The average molecular weight is 343 g/mol. The lowest BCUT2D eigenvalue weighted by atomic mass is 10.2. The fraction of sp³-hybridized carbons (Fsp3) is 0.455. The molecular formula is C11H14IN5. The number of nitrogen functional groups attached to an aromatic ring is 1. The van der Waals surface area contributed by atoms with E-state index in [1.807, 2.05) is 0 Å². The summed E-state index contributed by atoms with van der Waals surface area (Å²) in [6, 6.07) is 0.500. The molecule has 1 aliphatic heterocycles. The van der Waals surface area contributed by atoms with E-state index in [0.717, 1.165) is 27.7 Å². The molecule has 0 aromatic carbocycles. The van der Waals surface area contributed by atoms with Crippen LogP contribution in [0.5, 0.6) is 0 Å². The highest BCUT2D eigenvalue weighted by atomic mass is 127. The van der Waals surface area contributed by atoms with E-state index in [2.05, 4.69) is 55.3 Å². The van der Waals surface area contributed by atoms with Crippen molar-refractivity contribution in [3.05, 3.63) is 16.1 Å². The van der Waals surface area contributed by atoms with Crippen LogP contribution < -0.4 is 5.73 Å². The van der Waals surface area contributed by atoms with Gasteiger partial charge in [0, 0.05) is 22.4 Å². The molecule has 3 rings (SSSR count). The normalized spacial score (nSPS) is 21.4. The third-order valence-corrected chi connectivity index (χ3v) is 4.17. The Morgan fingerprint density at radius 3 is 3.00 bits per heavy atom. The molecule has 2 aromatic rings. The summed E-state index contributed by atoms with van der Waals surface area (Å²) in [4.78, 5) is 10.8. The van der Waals surface area contributed by atoms with Crippen molar-refractivity contribution in [2.24, 2.45) is 0 Å². The third kappa shape index (κ3) is 1.79. The van der Waals surface area contributed by atoms with Crippen LogP contribution in [0, 0.1) is 3.57 Å². The molecule has 17 heavy (non-hydrogen) atoms. The van der Waals surface area contributed by atoms with Gasteiger partial charge >= 0.3 is 0 Å². The summed E-state index contributed by atoms with van der Waals surface area (Å²) in [7, 11) is 2.15. The molecule has 1 unspecified atom stereocenters. The molecule has 0 radical (unpaired) electrons. The molecule has 1 fully saturated rings. The van der Waals surface area contributed by atoms with Crippen molar-refractivity contribution in [1.29, 1.82) is 0 Å². The van der Waals surface area contributed by atoms with E-state index in [1.54, 1.807) is 6.33 Å². The topological polar surface area (TPSA) is 60.0 Å². The zero-order valence-corrected chi connectivity index (χ0v) is 11.8. The van der Waals surface area contributed by atoms with Gasteiger partial charge in [-0.1, -0.05) is 0 Å². The predicted octanol–water partition coefficient (Wildman–Crippen LogP) is 1.49. The molecule has 0 bridgehead atoms. The molecule has 1 aliphatic rings. The molecule has 0 amide bonds. The van der Waals surface area contributed by atoms with Crippen LogP contribution in [-0.4, -0.2) is 39.6 Å². The summed E-state index contributed by atoms with van der Waals surface area (Å²) >= 11 is 2.30. The van der Waals surface area contributed by atoms with E-state index in [4.69, 9.17) is 5.73 Å². The van der Waals surface area contributed by atoms with E-state index in [-0.39, 0.29) is 0 Å². The standard InChI is InChI=1S/C11H14IN5/c1-16-3-2-7(4-16)17-5-8(12)9-10(13)14-6-15-11(9)17/h5-7H,2-4H2,1H3,(H2,13,14,15). The quantitative estimate of drug-likeness (QED) is 0.798. The third-order valence-electron chi connectivity index (χ3n) is 3.35. The Labute approximate surface area is 113 Å². The Hall–Kier alpha value is -0.890. The van der Waals surface area contributed by atoms with Gasteiger partial charge in [-0.15, -0.1) is 0 Å². The Kier molecular flexibility index (Phi) is 2.70. The first kappa shape index (κ1) is 11.2. The smallest absolute Gasteiger partial charge is 0.146 e. The Morgan fingerprint density at radius 1 is 1.47 bits per heavy atom. The number of rotatable bonds is 1. The second-order valence-electron chi connectivity index (χ2n) is 4.55. The summed E-state index contributed by atoms with van der Waals surface area (Å²) < 4.78 is 3.38. The van der Waals surface area contributed by atoms with Gasteiger partial charge in [0.2, 0.25) is 0 Å². The lowest BCUT2D eigenvalue weighted by molar-refractivity contribution is 0.394. The van der Waals surface area contributed by atoms with Gasteiger partial charge in [-0.25, -0.2) is 9.97 Å². The highest BCUT2D eigenvalue weighted by Gasteiger charge is 2.24. The van der Waals surface area contributed by atoms with E-state index >= 15 is 0 Å². The molecule has 2 N–H and O–H groups in total. The Morgan fingerprint density at radius 2 is 2.29 bits per heavy atom. The molecule has 0 saturated carbocycles. The maximum atomic E-state index is 5.92. The van der Waals surface area contributed by atoms with Crippen LogP contribution in [0.3, 0.4) is 0 Å². The molecule has 0 aliphatic carbocycles. The summed E-state index contributed by atoms with van der Waals surface area (Å²) in [5.41, 5.74) is 6.88. The molecule has 0 spiro atoms. The number of fused-ring (bicyclic) bond motifs is 1. The SMILES string of the molecule is CN1CCC(n2cc(I)c3c(N)ncnc32)C1. The Bertz CT molecular complexity index is 564. The summed E-state index contributed by atoms with van der Waals surface area (Å²) in [5.74, 6) is 0.574. The second kappa shape index (κ2) is 4.09. The van der Waals surface area contributed by atoms with Crippen molar-refractivity contribution < 1.29 is 0 Å². The molecule has 1 saturated heterocycles. The van der Waals surface area contributed by atoms with E-state index in [9.17, 15) is 0 Å². The molecule has 3 heterocycles. The fourth-order valence-electron chi connectivity index (χ4n) is 2.48. The summed E-state index contributed by atoms with van der Waals surface area (Å²) in [6.07, 6.45) is 4.85.